The number of hydrogen-bond acceptors (Lipinski definition) is 7. The maximum Gasteiger partial charge on any atom is 0.260 e. The topological polar surface area (TPSA) is 152 Å². The predicted octanol–water partition coefficient (Wildman–Crippen LogP) is 2.52. The number of halogens is 2. The van der Waals surface area contributed by atoms with Crippen LogP contribution in [0.3, 0.4) is 0 Å². The molecule has 1 aliphatic rings. The average molecular weight is 547 g/mol. The number of ether oxygens (including phenoxy) is 1. The van der Waals surface area contributed by atoms with E-state index < -0.39 is 17.8 Å². The van der Waals surface area contributed by atoms with Crippen LogP contribution in [0.1, 0.15) is 36.0 Å². The first-order chi connectivity index (χ1) is 18.3. The molecule has 1 saturated heterocycles. The van der Waals surface area contributed by atoms with Crippen molar-refractivity contribution < 1.29 is 23.5 Å². The molecule has 0 radical (unpaired) electrons. The highest BCUT2D eigenvalue weighted by Crippen LogP contribution is 2.29. The number of Topliss-reactive ketones (excluding diaryl/α,β-unsaturated/α-hetero) is 1. The number of carbonyl (C=O) groups excluding carboxylic acids is 3. The third-order valence-corrected chi connectivity index (χ3v) is 6.44. The number of anilines is 1. The predicted molar refractivity (Wildman–Crippen MR) is 144 cm³/mol. The summed E-state index contributed by atoms with van der Waals surface area (Å²) >= 11 is 6.10. The number of aliphatic imine (C=N–C) groups is 1. The van der Waals surface area contributed by atoms with Crippen molar-refractivity contribution in [3.05, 3.63) is 58.9 Å². The van der Waals surface area contributed by atoms with E-state index in [2.05, 4.69) is 15.7 Å². The molecule has 2 aromatic rings. The van der Waals surface area contributed by atoms with E-state index in [1.807, 2.05) is 0 Å². The van der Waals surface area contributed by atoms with Crippen LogP contribution in [0, 0.1) is 11.7 Å². The maximum absolute atomic E-state index is 13.1. The van der Waals surface area contributed by atoms with E-state index in [-0.39, 0.29) is 30.0 Å². The van der Waals surface area contributed by atoms with Gasteiger partial charge in [0.25, 0.3) is 5.91 Å². The zero-order valence-corrected chi connectivity index (χ0v) is 21.6. The number of likely N-dealkylation sites (tertiary alicyclic amines) is 1. The van der Waals surface area contributed by atoms with Crippen LogP contribution in [0.2, 0.25) is 5.02 Å². The first-order valence-electron chi connectivity index (χ1n) is 12.3. The lowest BCUT2D eigenvalue weighted by molar-refractivity contribution is -0.134. The molecule has 1 fully saturated rings. The number of nitrogens with two attached hydrogens (primary N) is 2. The number of hydrogen-bond donors (Lipinski definition) is 4. The van der Waals surface area contributed by atoms with E-state index in [1.54, 1.807) is 17.0 Å². The molecule has 1 aliphatic heterocycles. The van der Waals surface area contributed by atoms with Crippen LogP contribution in [0.25, 0.3) is 0 Å². The number of piperidine rings is 1. The fourth-order valence-corrected chi connectivity index (χ4v) is 4.25. The molecule has 2 amide bonds. The Morgan fingerprint density at radius 1 is 1.18 bits per heavy atom. The summed E-state index contributed by atoms with van der Waals surface area (Å²) in [7, 11) is 0. The molecule has 0 bridgehead atoms. The van der Waals surface area contributed by atoms with Crippen molar-refractivity contribution in [2.45, 2.75) is 31.7 Å². The summed E-state index contributed by atoms with van der Waals surface area (Å²) in [5.41, 5.74) is 9.05. The molecule has 0 aliphatic carbocycles. The molecule has 6 N–H and O–H groups in total. The molecule has 0 unspecified atom stereocenters. The van der Waals surface area contributed by atoms with Gasteiger partial charge in [0.05, 0.1) is 18.1 Å². The zero-order chi connectivity index (χ0) is 27.5. The van der Waals surface area contributed by atoms with E-state index in [1.165, 1.54) is 36.7 Å². The maximum atomic E-state index is 13.1. The lowest BCUT2D eigenvalue weighted by Crippen LogP contribution is -2.42. The zero-order valence-electron chi connectivity index (χ0n) is 20.9. The molecule has 204 valence electrons. The monoisotopic (exact) mass is 546 g/mol. The normalized spacial score (nSPS) is 14.8. The molecule has 2 aromatic carbocycles. The molecule has 0 saturated carbocycles. The Hall–Kier alpha value is -3.54. The van der Waals surface area contributed by atoms with Gasteiger partial charge in [0, 0.05) is 36.1 Å². The van der Waals surface area contributed by atoms with Gasteiger partial charge in [-0.3, -0.25) is 19.4 Å². The van der Waals surface area contributed by atoms with Crippen LogP contribution in [0.15, 0.2) is 47.5 Å². The molecule has 1 heterocycles. The minimum absolute atomic E-state index is 0.0478. The number of ketones is 1. The molecular weight excluding hydrogens is 515 g/mol. The molecule has 10 nitrogen and oxygen atoms in total. The molecule has 38 heavy (non-hydrogen) atoms. The highest BCUT2D eigenvalue weighted by atomic mass is 35.5. The van der Waals surface area contributed by atoms with Gasteiger partial charge in [-0.15, -0.1) is 0 Å². The number of hydrazine groups is 1. The van der Waals surface area contributed by atoms with Crippen molar-refractivity contribution >= 4 is 41.2 Å². The van der Waals surface area contributed by atoms with Gasteiger partial charge in [-0.25, -0.2) is 10.2 Å². The smallest absolute Gasteiger partial charge is 0.260 e. The highest BCUT2D eigenvalue weighted by Gasteiger charge is 2.28. The second-order valence-corrected chi connectivity index (χ2v) is 9.33. The van der Waals surface area contributed by atoms with Crippen molar-refractivity contribution in [3.63, 3.8) is 0 Å². The number of nitrogens with zero attached hydrogens (tertiary/aromatic N) is 2. The average Bonchev–Trinajstić information content (AvgIpc) is 2.92. The summed E-state index contributed by atoms with van der Waals surface area (Å²) in [5.74, 6) is 4.05. The summed E-state index contributed by atoms with van der Waals surface area (Å²) in [6, 6.07) is 9.40. The third kappa shape index (κ3) is 8.51. The molecule has 0 spiro atoms. The first kappa shape index (κ1) is 29.0. The van der Waals surface area contributed by atoms with Crippen LogP contribution in [-0.4, -0.2) is 61.1 Å². The number of benzene rings is 2. The number of nitrogens with one attached hydrogen (secondary N) is 2. The van der Waals surface area contributed by atoms with Crippen LogP contribution < -0.4 is 27.1 Å². The van der Waals surface area contributed by atoms with Crippen molar-refractivity contribution in [1.82, 2.24) is 10.3 Å². The van der Waals surface area contributed by atoms with E-state index in [9.17, 15) is 18.8 Å². The summed E-state index contributed by atoms with van der Waals surface area (Å²) in [6.45, 7) is 1.03. The van der Waals surface area contributed by atoms with Gasteiger partial charge in [0.15, 0.2) is 12.4 Å². The van der Waals surface area contributed by atoms with Gasteiger partial charge in [-0.05, 0) is 68.1 Å². The third-order valence-electron chi connectivity index (χ3n) is 6.20. The molecule has 12 heteroatoms. The van der Waals surface area contributed by atoms with E-state index >= 15 is 0 Å². The van der Waals surface area contributed by atoms with Crippen molar-refractivity contribution in [3.8, 4) is 5.75 Å². The van der Waals surface area contributed by atoms with E-state index in [4.69, 9.17) is 27.9 Å². The van der Waals surface area contributed by atoms with Crippen LogP contribution in [-0.2, 0) is 9.59 Å². The Morgan fingerprint density at radius 2 is 1.89 bits per heavy atom. The minimum atomic E-state index is -0.775. The largest absolute Gasteiger partial charge is 0.482 e. The highest BCUT2D eigenvalue weighted by molar-refractivity contribution is 6.31. The summed E-state index contributed by atoms with van der Waals surface area (Å²) in [4.78, 5) is 43.6. The minimum Gasteiger partial charge on any atom is -0.482 e. The summed E-state index contributed by atoms with van der Waals surface area (Å²) in [5, 5.41) is 3.09. The number of carbonyl (C=O) groups is 3. The Balaban J connectivity index is 1.50. The fraction of sp³-hybridized carbons (Fsp3) is 0.385. The standard InChI is InChI=1S/C26H32ClFN6O4/c27-19-5-8-23(22(14-19)33-26(37)21(29)2-1-11-31-16-32-30)38-15-24(35)34-12-9-18(10-13-34)25(36)17-3-6-20(28)7-4-17/h3-8,14,16,18,21H,1-2,9-13,15,29-30H2,(H,31,32)(H,33,37)/t21-/m0/s1. The van der Waals surface area contributed by atoms with Gasteiger partial charge >= 0.3 is 0 Å². The van der Waals surface area contributed by atoms with Gasteiger partial charge in [-0.1, -0.05) is 11.6 Å². The second kappa shape index (κ2) is 14.4. The number of amides is 2. The molecule has 1 atom stereocenters. The summed E-state index contributed by atoms with van der Waals surface area (Å²) in [6.07, 6.45) is 3.37. The second-order valence-electron chi connectivity index (χ2n) is 8.90. The molecule has 3 rings (SSSR count). The Labute approximate surface area is 225 Å². The Morgan fingerprint density at radius 3 is 2.58 bits per heavy atom. The van der Waals surface area contributed by atoms with Gasteiger partial charge in [-0.2, -0.15) is 0 Å². The van der Waals surface area contributed by atoms with Crippen LogP contribution >= 0.6 is 11.6 Å². The lowest BCUT2D eigenvalue weighted by Gasteiger charge is -2.31. The van der Waals surface area contributed by atoms with Crippen LogP contribution in [0.5, 0.6) is 5.75 Å². The van der Waals surface area contributed by atoms with Crippen molar-refractivity contribution in [1.29, 1.82) is 0 Å². The van der Waals surface area contributed by atoms with E-state index in [0.717, 1.165) is 0 Å². The summed E-state index contributed by atoms with van der Waals surface area (Å²) < 4.78 is 18.9. The Kier molecular flexibility index (Phi) is 11.0. The van der Waals surface area contributed by atoms with Gasteiger partial charge in [0.2, 0.25) is 5.91 Å². The SMILES string of the molecule is NNC=NCCC[C@H](N)C(=O)Nc1cc(Cl)ccc1OCC(=O)N1CCC(C(=O)c2ccc(F)cc2)CC1. The molecule has 0 aromatic heterocycles. The fourth-order valence-electron chi connectivity index (χ4n) is 4.07. The molecular formula is C26H32ClFN6O4. The van der Waals surface area contributed by atoms with Crippen molar-refractivity contribution in [2.24, 2.45) is 22.5 Å². The number of rotatable bonds is 12. The Bertz CT molecular complexity index is 1140. The lowest BCUT2D eigenvalue weighted by atomic mass is 9.89. The van der Waals surface area contributed by atoms with Crippen molar-refractivity contribution in [2.75, 3.05) is 31.6 Å². The van der Waals surface area contributed by atoms with E-state index in [0.29, 0.717) is 61.6 Å². The van der Waals surface area contributed by atoms with Gasteiger partial charge < -0.3 is 26.1 Å². The van der Waals surface area contributed by atoms with Crippen LogP contribution in [0.4, 0.5) is 10.1 Å². The first-order valence-corrected chi connectivity index (χ1v) is 12.7. The quantitative estimate of drug-likeness (QED) is 0.0797. The van der Waals surface area contributed by atoms with Gasteiger partial charge in [0.1, 0.15) is 11.6 Å².